The number of nitriles is 1. The van der Waals surface area contributed by atoms with Crippen molar-refractivity contribution in [3.05, 3.63) is 52.2 Å². The van der Waals surface area contributed by atoms with Gasteiger partial charge in [0, 0.05) is 56.5 Å². The van der Waals surface area contributed by atoms with Crippen molar-refractivity contribution in [2.45, 2.75) is 32.7 Å². The lowest BCUT2D eigenvalue weighted by Crippen LogP contribution is -2.48. The SMILES string of the molecule is CC(=N)/C(CN1CCN[C@H](c2ccc3c(c2C)CCC3=O)C1)=N\Nc1cc(N)c(C#N)cn1. The highest BCUT2D eigenvalue weighted by atomic mass is 16.1. The fourth-order valence-electron chi connectivity index (χ4n) is 4.47. The van der Waals surface area contributed by atoms with Crippen LogP contribution in [0.3, 0.4) is 0 Å². The van der Waals surface area contributed by atoms with E-state index in [1.54, 1.807) is 13.0 Å². The molecule has 0 unspecified atom stereocenters. The maximum Gasteiger partial charge on any atom is 0.163 e. The average molecular weight is 445 g/mol. The van der Waals surface area contributed by atoms with Crippen molar-refractivity contribution in [3.63, 3.8) is 0 Å². The van der Waals surface area contributed by atoms with Crippen LogP contribution in [-0.2, 0) is 6.42 Å². The monoisotopic (exact) mass is 444 g/mol. The predicted molar refractivity (Wildman–Crippen MR) is 129 cm³/mol. The molecule has 0 spiro atoms. The summed E-state index contributed by atoms with van der Waals surface area (Å²) in [5.74, 6) is 0.665. The van der Waals surface area contributed by atoms with Crippen molar-refractivity contribution < 1.29 is 4.79 Å². The molecule has 170 valence electrons. The van der Waals surface area contributed by atoms with E-state index in [1.165, 1.54) is 22.9 Å². The number of Topliss-reactive ketones (excluding diaryl/α,β-unsaturated/α-hetero) is 1. The van der Waals surface area contributed by atoms with Gasteiger partial charge < -0.3 is 16.5 Å². The number of fused-ring (bicyclic) bond motifs is 1. The second-order valence-corrected chi connectivity index (χ2v) is 8.53. The molecule has 33 heavy (non-hydrogen) atoms. The minimum absolute atomic E-state index is 0.153. The molecule has 1 aliphatic carbocycles. The van der Waals surface area contributed by atoms with Gasteiger partial charge in [-0.15, -0.1) is 0 Å². The number of nitrogens with two attached hydrogens (primary N) is 1. The van der Waals surface area contributed by atoms with Crippen LogP contribution in [0.1, 0.15) is 52.0 Å². The number of hydrazone groups is 1. The number of anilines is 2. The molecule has 0 saturated carbocycles. The zero-order valence-corrected chi connectivity index (χ0v) is 18.9. The molecule has 2 heterocycles. The third kappa shape index (κ3) is 4.77. The number of nitrogens with one attached hydrogen (secondary N) is 3. The molecular weight excluding hydrogens is 416 g/mol. The minimum atomic E-state index is 0.153. The van der Waals surface area contributed by atoms with Crippen LogP contribution in [0.15, 0.2) is 29.5 Å². The van der Waals surface area contributed by atoms with E-state index in [-0.39, 0.29) is 11.8 Å². The van der Waals surface area contributed by atoms with Gasteiger partial charge in [0.2, 0.25) is 0 Å². The van der Waals surface area contributed by atoms with E-state index in [4.69, 9.17) is 16.4 Å². The number of aromatic nitrogens is 1. The molecule has 4 rings (SSSR count). The second-order valence-electron chi connectivity index (χ2n) is 8.53. The number of ketones is 1. The lowest BCUT2D eigenvalue weighted by molar-refractivity contribution is 0.0994. The number of pyridine rings is 1. The molecule has 0 amide bonds. The molecule has 1 aliphatic heterocycles. The minimum Gasteiger partial charge on any atom is -0.398 e. The first-order chi connectivity index (χ1) is 15.9. The Morgan fingerprint density at radius 1 is 1.45 bits per heavy atom. The highest BCUT2D eigenvalue weighted by Gasteiger charge is 2.27. The predicted octanol–water partition coefficient (Wildman–Crippen LogP) is 2.43. The van der Waals surface area contributed by atoms with Crippen LogP contribution < -0.4 is 16.5 Å². The summed E-state index contributed by atoms with van der Waals surface area (Å²) in [6.07, 6.45) is 2.83. The van der Waals surface area contributed by atoms with Crippen LogP contribution in [0.2, 0.25) is 0 Å². The number of piperazine rings is 1. The number of carbonyl (C=O) groups is 1. The van der Waals surface area contributed by atoms with Gasteiger partial charge in [0.1, 0.15) is 11.9 Å². The Hall–Kier alpha value is -3.61. The molecule has 2 aliphatic rings. The normalized spacial score (nSPS) is 18.6. The van der Waals surface area contributed by atoms with Gasteiger partial charge in [0.05, 0.1) is 22.7 Å². The molecule has 1 aromatic heterocycles. The summed E-state index contributed by atoms with van der Waals surface area (Å²) in [5.41, 5.74) is 14.8. The van der Waals surface area contributed by atoms with Crippen molar-refractivity contribution in [2.24, 2.45) is 5.10 Å². The number of hydrogen-bond acceptors (Lipinski definition) is 9. The van der Waals surface area contributed by atoms with E-state index in [9.17, 15) is 4.79 Å². The number of hydrogen-bond donors (Lipinski definition) is 4. The number of nitrogen functional groups attached to an aromatic ring is 1. The second kappa shape index (κ2) is 9.48. The average Bonchev–Trinajstić information content (AvgIpc) is 3.18. The lowest BCUT2D eigenvalue weighted by atomic mass is 9.93. The van der Waals surface area contributed by atoms with Gasteiger partial charge in [-0.2, -0.15) is 10.4 Å². The maximum absolute atomic E-state index is 12.1. The summed E-state index contributed by atoms with van der Waals surface area (Å²) in [6, 6.07) is 7.75. The fraction of sp³-hybridized carbons (Fsp3) is 0.375. The van der Waals surface area contributed by atoms with Crippen molar-refractivity contribution in [2.75, 3.05) is 37.3 Å². The molecule has 1 atom stereocenters. The first-order valence-electron chi connectivity index (χ1n) is 11.0. The molecule has 1 saturated heterocycles. The van der Waals surface area contributed by atoms with Gasteiger partial charge in [0.15, 0.2) is 5.78 Å². The molecule has 9 heteroatoms. The van der Waals surface area contributed by atoms with Gasteiger partial charge in [-0.1, -0.05) is 12.1 Å². The molecular formula is C24H28N8O. The van der Waals surface area contributed by atoms with Crippen LogP contribution in [0.25, 0.3) is 0 Å². The van der Waals surface area contributed by atoms with Crippen molar-refractivity contribution in [3.8, 4) is 6.07 Å². The van der Waals surface area contributed by atoms with E-state index >= 15 is 0 Å². The zero-order valence-electron chi connectivity index (χ0n) is 18.9. The zero-order chi connectivity index (χ0) is 23.5. The third-order valence-corrected chi connectivity index (χ3v) is 6.35. The highest BCUT2D eigenvalue weighted by Crippen LogP contribution is 2.31. The largest absolute Gasteiger partial charge is 0.398 e. The van der Waals surface area contributed by atoms with Gasteiger partial charge in [-0.3, -0.25) is 15.1 Å². The summed E-state index contributed by atoms with van der Waals surface area (Å²) in [7, 11) is 0. The Balaban J connectivity index is 1.47. The Morgan fingerprint density at radius 2 is 2.27 bits per heavy atom. The van der Waals surface area contributed by atoms with E-state index in [0.717, 1.165) is 31.6 Å². The smallest absolute Gasteiger partial charge is 0.163 e. The molecule has 1 aromatic carbocycles. The van der Waals surface area contributed by atoms with E-state index in [2.05, 4.69) is 38.7 Å². The Labute approximate surface area is 193 Å². The lowest BCUT2D eigenvalue weighted by Gasteiger charge is -2.35. The summed E-state index contributed by atoms with van der Waals surface area (Å²) in [6.45, 7) is 6.79. The van der Waals surface area contributed by atoms with Gasteiger partial charge in [-0.05, 0) is 37.0 Å². The number of carbonyl (C=O) groups excluding carboxylic acids is 1. The standard InChI is InChI=1S/C24H28N8O/c1-14-17-5-6-23(33)19(17)4-3-18(14)22-13-32(8-7-28-22)12-21(15(2)26)30-31-24-9-20(27)16(10-25)11-29-24/h3-4,9,11,22,26,28H,5-8,12-13H2,1-2H3,(H3,27,29,31)/b26-15?,30-21-/t22-/m0/s1. The molecule has 0 radical (unpaired) electrons. The van der Waals surface area contributed by atoms with Crippen molar-refractivity contribution in [1.82, 2.24) is 15.2 Å². The number of rotatable bonds is 6. The Bertz CT molecular complexity index is 1180. The van der Waals surface area contributed by atoms with Crippen LogP contribution in [-0.4, -0.2) is 53.3 Å². The van der Waals surface area contributed by atoms with E-state index in [1.807, 2.05) is 12.1 Å². The van der Waals surface area contributed by atoms with Gasteiger partial charge in [-0.25, -0.2) is 4.98 Å². The van der Waals surface area contributed by atoms with Gasteiger partial charge in [0.25, 0.3) is 0 Å². The summed E-state index contributed by atoms with van der Waals surface area (Å²) in [4.78, 5) is 18.5. The molecule has 0 bridgehead atoms. The van der Waals surface area contributed by atoms with Crippen LogP contribution in [0.4, 0.5) is 11.5 Å². The quantitative estimate of drug-likeness (QED) is 0.396. The Kier molecular flexibility index (Phi) is 6.49. The molecule has 9 nitrogen and oxygen atoms in total. The van der Waals surface area contributed by atoms with Crippen molar-refractivity contribution in [1.29, 1.82) is 10.7 Å². The number of benzene rings is 1. The maximum atomic E-state index is 12.1. The van der Waals surface area contributed by atoms with Gasteiger partial charge >= 0.3 is 0 Å². The molecule has 1 fully saturated rings. The van der Waals surface area contributed by atoms with Crippen molar-refractivity contribution >= 4 is 28.7 Å². The highest BCUT2D eigenvalue weighted by molar-refractivity contribution is 6.41. The summed E-state index contributed by atoms with van der Waals surface area (Å²) in [5, 5.41) is 25.1. The molecule has 5 N–H and O–H groups in total. The first-order valence-corrected chi connectivity index (χ1v) is 11.0. The van der Waals surface area contributed by atoms with E-state index < -0.39 is 0 Å². The summed E-state index contributed by atoms with van der Waals surface area (Å²) < 4.78 is 0. The summed E-state index contributed by atoms with van der Waals surface area (Å²) >= 11 is 0. The van der Waals surface area contributed by atoms with E-state index in [0.29, 0.717) is 41.5 Å². The first kappa shape index (κ1) is 22.6. The van der Waals surface area contributed by atoms with Crippen LogP contribution in [0.5, 0.6) is 0 Å². The Morgan fingerprint density at radius 3 is 3.00 bits per heavy atom. The fourth-order valence-corrected chi connectivity index (χ4v) is 4.47. The topological polar surface area (TPSA) is 143 Å². The third-order valence-electron chi connectivity index (χ3n) is 6.35. The van der Waals surface area contributed by atoms with Crippen LogP contribution >= 0.6 is 0 Å². The van der Waals surface area contributed by atoms with Crippen LogP contribution in [0, 0.1) is 23.7 Å². The molecule has 2 aromatic rings. The number of nitrogens with zero attached hydrogens (tertiary/aromatic N) is 4.